The highest BCUT2D eigenvalue weighted by molar-refractivity contribution is 8.76. The molecule has 5 rings (SSSR count). The second-order valence-electron chi connectivity index (χ2n) is 15.8. The number of para-hydroxylation sites is 1. The van der Waals surface area contributed by atoms with Crippen LogP contribution in [0.4, 0.5) is 0 Å². The molecule has 18 nitrogen and oxygen atoms in total. The Hall–Kier alpha value is -5.93. The first-order valence-electron chi connectivity index (χ1n) is 21.3. The van der Waals surface area contributed by atoms with Crippen LogP contribution in [-0.2, 0) is 52.8 Å². The number of nitrogens with one attached hydrogen (secondary N) is 7. The summed E-state index contributed by atoms with van der Waals surface area (Å²) in [6.45, 7) is 1.53. The van der Waals surface area contributed by atoms with Crippen molar-refractivity contribution in [3.05, 3.63) is 108 Å². The number of carbonyl (C=O) groups excluding carboxylic acids is 6. The highest BCUT2D eigenvalue weighted by Crippen LogP contribution is 2.24. The molecule has 1 saturated heterocycles. The quantitative estimate of drug-likeness (QED) is 0.0605. The summed E-state index contributed by atoms with van der Waals surface area (Å²) in [7, 11) is 2.01. The maximum atomic E-state index is 14.6. The molecule has 20 heteroatoms. The average molecular weight is 932 g/mol. The Bertz CT molecular complexity index is 2250. The summed E-state index contributed by atoms with van der Waals surface area (Å²) in [6.07, 6.45) is 1.17. The first-order valence-corrected chi connectivity index (χ1v) is 23.8. The molecule has 3 aromatic carbocycles. The molecule has 0 bridgehead atoms. The largest absolute Gasteiger partial charge is 0.480 e. The number of H-pyrrole nitrogens is 1. The third kappa shape index (κ3) is 15.1. The van der Waals surface area contributed by atoms with Gasteiger partial charge in [-0.2, -0.15) is 0 Å². The van der Waals surface area contributed by atoms with Crippen molar-refractivity contribution in [1.29, 1.82) is 0 Å². The number of benzene rings is 3. The van der Waals surface area contributed by atoms with Gasteiger partial charge in [-0.1, -0.05) is 100 Å². The molecule has 0 radical (unpaired) electrons. The molecule has 1 fully saturated rings. The summed E-state index contributed by atoms with van der Waals surface area (Å²) in [5, 5.41) is 37.4. The minimum Gasteiger partial charge on any atom is -0.480 e. The molecule has 8 atom stereocenters. The van der Waals surface area contributed by atoms with Gasteiger partial charge in [-0.25, -0.2) is 4.79 Å². The van der Waals surface area contributed by atoms with Crippen LogP contribution in [0.5, 0.6) is 0 Å². The van der Waals surface area contributed by atoms with Crippen molar-refractivity contribution in [3.8, 4) is 0 Å². The lowest BCUT2D eigenvalue weighted by atomic mass is 10.0. The van der Waals surface area contributed by atoms with Crippen molar-refractivity contribution in [1.82, 2.24) is 36.9 Å². The van der Waals surface area contributed by atoms with Crippen LogP contribution in [0.15, 0.2) is 91.1 Å². The first-order chi connectivity index (χ1) is 31.2. The second kappa shape index (κ2) is 24.9. The number of hydrogen-bond acceptors (Lipinski definition) is 12. The number of aromatic nitrogens is 1. The highest BCUT2D eigenvalue weighted by Gasteiger charge is 2.36. The van der Waals surface area contributed by atoms with Gasteiger partial charge in [0.25, 0.3) is 0 Å². The zero-order valence-corrected chi connectivity index (χ0v) is 37.5. The zero-order chi connectivity index (χ0) is 46.9. The summed E-state index contributed by atoms with van der Waals surface area (Å²) in [4.78, 5) is 100. The molecule has 0 spiro atoms. The van der Waals surface area contributed by atoms with Crippen molar-refractivity contribution in [2.75, 3.05) is 18.1 Å². The Balaban J connectivity index is 1.53. The first kappa shape index (κ1) is 50.1. The smallest absolute Gasteiger partial charge is 0.327 e. The molecule has 2 heterocycles. The second-order valence-corrected chi connectivity index (χ2v) is 18.3. The lowest BCUT2D eigenvalue weighted by Gasteiger charge is -2.28. The van der Waals surface area contributed by atoms with E-state index >= 15 is 0 Å². The van der Waals surface area contributed by atoms with E-state index in [4.69, 9.17) is 11.5 Å². The predicted octanol–water partition coefficient (Wildman–Crippen LogP) is 0.421. The van der Waals surface area contributed by atoms with Crippen molar-refractivity contribution in [2.24, 2.45) is 11.5 Å². The topological polar surface area (TPSA) is 300 Å². The maximum Gasteiger partial charge on any atom is 0.327 e. The van der Waals surface area contributed by atoms with E-state index < -0.39 is 89.8 Å². The molecule has 0 saturated carbocycles. The standard InChI is InChI=1S/C45H57N9O9S2/c1-26(55)38-44(61)53-37(45(62)63)25-65-64-24-36(52-39(56)31(47)20-27-12-4-2-5-13-27)43(60)50-34(21-28-14-6-3-7-15-28)41(58)51-35(22-29-23-48-32-17-9-8-16-30(29)32)42(59)49-33(40(57)54-38)18-10-11-19-46/h2-9,12-17,23,26,31,33-38,48,55H,10-11,18-22,24-25,46-47H2,1H3,(H,49,59)(H,50,60)(H,51,58)(H,52,56)(H,53,61)(H,54,57)(H,62,63)/t26-,31-,33+,34+,35-,36+,37-,38+/m1/s1. The Kier molecular flexibility index (Phi) is 19.2. The van der Waals surface area contributed by atoms with E-state index in [9.17, 15) is 43.8 Å². The van der Waals surface area contributed by atoms with Gasteiger partial charge < -0.3 is 58.6 Å². The zero-order valence-electron chi connectivity index (χ0n) is 35.9. The number of unbranched alkanes of at least 4 members (excludes halogenated alkanes) is 1. The molecule has 6 amide bonds. The molecule has 0 aliphatic carbocycles. The van der Waals surface area contributed by atoms with Gasteiger partial charge in [0.05, 0.1) is 12.1 Å². The van der Waals surface area contributed by atoms with E-state index in [0.717, 1.165) is 38.1 Å². The Morgan fingerprint density at radius 2 is 1.31 bits per heavy atom. The van der Waals surface area contributed by atoms with Gasteiger partial charge in [0, 0.05) is 41.4 Å². The molecule has 4 aromatic rings. The van der Waals surface area contributed by atoms with Crippen molar-refractivity contribution >= 4 is 73.9 Å². The van der Waals surface area contributed by atoms with Gasteiger partial charge in [-0.15, -0.1) is 0 Å². The van der Waals surface area contributed by atoms with Crippen molar-refractivity contribution in [3.63, 3.8) is 0 Å². The Labute approximate surface area is 384 Å². The van der Waals surface area contributed by atoms with E-state index in [-0.39, 0.29) is 43.7 Å². The summed E-state index contributed by atoms with van der Waals surface area (Å²) < 4.78 is 0. The predicted molar refractivity (Wildman–Crippen MR) is 249 cm³/mol. The lowest BCUT2D eigenvalue weighted by molar-refractivity contribution is -0.142. The number of aliphatic hydroxyl groups is 1. The van der Waals surface area contributed by atoms with Crippen LogP contribution in [0.25, 0.3) is 10.9 Å². The molecular weight excluding hydrogens is 875 g/mol. The molecule has 1 aromatic heterocycles. The fourth-order valence-electron chi connectivity index (χ4n) is 7.12. The van der Waals surface area contributed by atoms with Crippen LogP contribution in [0.1, 0.15) is 42.9 Å². The number of carboxylic acids is 1. The van der Waals surface area contributed by atoms with E-state index in [1.165, 1.54) is 6.92 Å². The molecule has 13 N–H and O–H groups in total. The normalized spacial score (nSPS) is 22.9. The molecule has 0 unspecified atom stereocenters. The van der Waals surface area contributed by atoms with Crippen LogP contribution < -0.4 is 43.4 Å². The minimum atomic E-state index is -1.63. The monoisotopic (exact) mass is 931 g/mol. The molecular formula is C45H57N9O9S2. The molecule has 1 aliphatic heterocycles. The number of nitrogens with two attached hydrogens (primary N) is 2. The summed E-state index contributed by atoms with van der Waals surface area (Å²) in [5.74, 6) is -6.57. The fourth-order valence-corrected chi connectivity index (χ4v) is 9.44. The average Bonchev–Trinajstić information content (AvgIpc) is 3.70. The summed E-state index contributed by atoms with van der Waals surface area (Å²) in [6, 6.07) is 15.8. The van der Waals surface area contributed by atoms with E-state index in [1.807, 2.05) is 42.5 Å². The van der Waals surface area contributed by atoms with E-state index in [2.05, 4.69) is 36.9 Å². The van der Waals surface area contributed by atoms with E-state index in [0.29, 0.717) is 24.0 Å². The van der Waals surface area contributed by atoms with Crippen molar-refractivity contribution in [2.45, 2.75) is 93.8 Å². The van der Waals surface area contributed by atoms with Gasteiger partial charge in [0.2, 0.25) is 35.4 Å². The fraction of sp³-hybridized carbons (Fsp3) is 0.400. The number of aromatic amines is 1. The van der Waals surface area contributed by atoms with Gasteiger partial charge in [0.15, 0.2) is 0 Å². The number of aliphatic hydroxyl groups excluding tert-OH is 1. The number of aliphatic carboxylic acids is 1. The Morgan fingerprint density at radius 3 is 1.97 bits per heavy atom. The van der Waals surface area contributed by atoms with Crippen molar-refractivity contribution < 1.29 is 43.8 Å². The molecule has 348 valence electrons. The number of carbonyl (C=O) groups is 7. The van der Waals surface area contributed by atoms with E-state index in [1.54, 1.807) is 48.7 Å². The van der Waals surface area contributed by atoms with Crippen LogP contribution >= 0.6 is 21.6 Å². The van der Waals surface area contributed by atoms with Crippen LogP contribution in [0.3, 0.4) is 0 Å². The van der Waals surface area contributed by atoms with Crippen LogP contribution in [-0.4, -0.2) is 123 Å². The van der Waals surface area contributed by atoms with Gasteiger partial charge >= 0.3 is 5.97 Å². The highest BCUT2D eigenvalue weighted by atomic mass is 33.1. The number of rotatable bonds is 14. The Morgan fingerprint density at radius 1 is 0.723 bits per heavy atom. The number of fused-ring (bicyclic) bond motifs is 1. The number of amides is 6. The minimum absolute atomic E-state index is 0.0270. The maximum absolute atomic E-state index is 14.6. The molecule has 65 heavy (non-hydrogen) atoms. The number of hydrogen-bond donors (Lipinski definition) is 11. The summed E-state index contributed by atoms with van der Waals surface area (Å²) >= 11 is 0. The summed E-state index contributed by atoms with van der Waals surface area (Å²) in [5.41, 5.74) is 14.9. The lowest BCUT2D eigenvalue weighted by Crippen LogP contribution is -2.61. The third-order valence-electron chi connectivity index (χ3n) is 10.7. The SMILES string of the molecule is C[C@@H](O)[C@@H]1NC(=O)[C@H](CCCCN)NC(=O)[C@@H](Cc2c[nH]c3ccccc23)NC(=O)[C@H](Cc2ccccc2)NC(=O)[C@@H](NC(=O)[C@H](N)Cc2ccccc2)CSSC[C@H](C(=O)O)NC1=O. The van der Waals surface area contributed by atoms with Gasteiger partial charge in [0.1, 0.15) is 36.3 Å². The number of carboxylic acid groups (broad SMARTS) is 1. The molecule has 1 aliphatic rings. The van der Waals surface area contributed by atoms with Gasteiger partial charge in [-0.3, -0.25) is 28.8 Å². The third-order valence-corrected chi connectivity index (χ3v) is 13.1. The van der Waals surface area contributed by atoms with Gasteiger partial charge in [-0.05, 0) is 61.9 Å². The van der Waals surface area contributed by atoms with Crippen LogP contribution in [0, 0.1) is 0 Å². The van der Waals surface area contributed by atoms with Crippen LogP contribution in [0.2, 0.25) is 0 Å².